The molecule has 0 aromatic heterocycles. The maximum Gasteiger partial charge on any atom is 0.261 e. The van der Waals surface area contributed by atoms with Crippen molar-refractivity contribution >= 4 is 25.6 Å². The van der Waals surface area contributed by atoms with Crippen LogP contribution in [0.25, 0.3) is 0 Å². The quantitative estimate of drug-likeness (QED) is 0.856. The number of carbonyl (C=O) groups excluding carboxylic acids is 1. The topological polar surface area (TPSA) is 63.2 Å². The second-order valence-electron chi connectivity index (χ2n) is 3.67. The predicted octanol–water partition coefficient (Wildman–Crippen LogP) is 2.06. The molecule has 0 aliphatic rings. The number of hydrogen-bond donors (Lipinski definition) is 1. The van der Waals surface area contributed by atoms with Gasteiger partial charge in [-0.2, -0.15) is 0 Å². The summed E-state index contributed by atoms with van der Waals surface area (Å²) in [6, 6.07) is 4.24. The molecule has 4 nitrogen and oxygen atoms in total. The molecule has 0 bridgehead atoms. The minimum atomic E-state index is -3.80. The molecule has 1 aromatic carbocycles. The van der Waals surface area contributed by atoms with Crippen molar-refractivity contribution in [1.82, 2.24) is 5.32 Å². The molecule has 1 amide bonds. The molecule has 17 heavy (non-hydrogen) atoms. The normalized spacial score (nSPS) is 11.2. The van der Waals surface area contributed by atoms with Crippen LogP contribution in [0.1, 0.15) is 29.3 Å². The number of carbonyl (C=O) groups is 1. The lowest BCUT2D eigenvalue weighted by molar-refractivity contribution is 0.0953. The molecule has 6 heteroatoms. The van der Waals surface area contributed by atoms with E-state index < -0.39 is 9.05 Å². The van der Waals surface area contributed by atoms with Gasteiger partial charge in [0.05, 0.1) is 4.90 Å². The van der Waals surface area contributed by atoms with Gasteiger partial charge >= 0.3 is 0 Å². The molecule has 0 aliphatic carbocycles. The average molecular weight is 276 g/mol. The minimum absolute atomic E-state index is 0.0635. The molecule has 0 radical (unpaired) electrons. The smallest absolute Gasteiger partial charge is 0.261 e. The number of hydrogen-bond acceptors (Lipinski definition) is 3. The van der Waals surface area contributed by atoms with E-state index in [1.165, 1.54) is 12.1 Å². The van der Waals surface area contributed by atoms with Crippen LogP contribution < -0.4 is 5.32 Å². The van der Waals surface area contributed by atoms with Crippen molar-refractivity contribution in [2.24, 2.45) is 0 Å². The number of benzene rings is 1. The molecule has 94 valence electrons. The number of amides is 1. The number of halogens is 1. The van der Waals surface area contributed by atoms with E-state index in [2.05, 4.69) is 5.32 Å². The zero-order valence-corrected chi connectivity index (χ0v) is 11.2. The van der Waals surface area contributed by atoms with Crippen LogP contribution in [0.2, 0.25) is 0 Å². The summed E-state index contributed by atoms with van der Waals surface area (Å²) in [4.78, 5) is 11.7. The SMILES string of the molecule is CCCNC(=O)c1cc(S(=O)(=O)Cl)ccc1C. The van der Waals surface area contributed by atoms with Crippen molar-refractivity contribution in [3.8, 4) is 0 Å². The Morgan fingerprint density at radius 1 is 1.41 bits per heavy atom. The summed E-state index contributed by atoms with van der Waals surface area (Å²) in [5, 5.41) is 2.69. The highest BCUT2D eigenvalue weighted by molar-refractivity contribution is 8.13. The average Bonchev–Trinajstić information content (AvgIpc) is 2.24. The molecule has 0 saturated heterocycles. The Kier molecular flexibility index (Phi) is 4.54. The van der Waals surface area contributed by atoms with E-state index in [4.69, 9.17) is 10.7 Å². The fraction of sp³-hybridized carbons (Fsp3) is 0.364. The number of nitrogens with one attached hydrogen (secondary N) is 1. The van der Waals surface area contributed by atoms with Crippen molar-refractivity contribution in [3.63, 3.8) is 0 Å². The van der Waals surface area contributed by atoms with Crippen molar-refractivity contribution < 1.29 is 13.2 Å². The molecule has 1 N–H and O–H groups in total. The highest BCUT2D eigenvalue weighted by Gasteiger charge is 2.15. The Hall–Kier alpha value is -1.07. The van der Waals surface area contributed by atoms with Gasteiger partial charge in [0, 0.05) is 22.8 Å². The third-order valence-electron chi connectivity index (χ3n) is 2.27. The Bertz CT molecular complexity index is 526. The Labute approximate surface area is 105 Å². The Balaban J connectivity index is 3.11. The Morgan fingerprint density at radius 3 is 2.59 bits per heavy atom. The van der Waals surface area contributed by atoms with E-state index in [0.29, 0.717) is 17.7 Å². The van der Waals surface area contributed by atoms with E-state index in [9.17, 15) is 13.2 Å². The molecule has 1 rings (SSSR count). The van der Waals surface area contributed by atoms with Gasteiger partial charge in [0.1, 0.15) is 0 Å². The van der Waals surface area contributed by atoms with E-state index in [1.807, 2.05) is 6.92 Å². The van der Waals surface area contributed by atoms with Crippen molar-refractivity contribution in [1.29, 1.82) is 0 Å². The van der Waals surface area contributed by atoms with Crippen LogP contribution >= 0.6 is 10.7 Å². The van der Waals surface area contributed by atoms with Gasteiger partial charge in [-0.3, -0.25) is 4.79 Å². The van der Waals surface area contributed by atoms with E-state index in [0.717, 1.165) is 6.42 Å². The summed E-state index contributed by atoms with van der Waals surface area (Å²) < 4.78 is 22.3. The Morgan fingerprint density at radius 2 is 2.06 bits per heavy atom. The second-order valence-corrected chi connectivity index (χ2v) is 6.24. The molecule has 0 spiro atoms. The van der Waals surface area contributed by atoms with Crippen molar-refractivity contribution in [2.45, 2.75) is 25.2 Å². The lowest BCUT2D eigenvalue weighted by Crippen LogP contribution is -2.24. The van der Waals surface area contributed by atoms with E-state index in [1.54, 1.807) is 13.0 Å². The van der Waals surface area contributed by atoms with Crippen LogP contribution in [0.15, 0.2) is 23.1 Å². The van der Waals surface area contributed by atoms with Crippen molar-refractivity contribution in [2.75, 3.05) is 6.54 Å². The maximum absolute atomic E-state index is 11.8. The molecule has 0 saturated carbocycles. The van der Waals surface area contributed by atoms with Crippen LogP contribution in [-0.4, -0.2) is 20.9 Å². The van der Waals surface area contributed by atoms with Crippen LogP contribution in [0.3, 0.4) is 0 Å². The monoisotopic (exact) mass is 275 g/mol. The van der Waals surface area contributed by atoms with Gasteiger partial charge in [-0.15, -0.1) is 0 Å². The molecule has 0 atom stereocenters. The first-order valence-electron chi connectivity index (χ1n) is 5.19. The third-order valence-corrected chi connectivity index (χ3v) is 3.62. The highest BCUT2D eigenvalue weighted by Crippen LogP contribution is 2.19. The van der Waals surface area contributed by atoms with Crippen LogP contribution in [0.4, 0.5) is 0 Å². The summed E-state index contributed by atoms with van der Waals surface area (Å²) >= 11 is 0. The second kappa shape index (κ2) is 5.51. The molecule has 1 aromatic rings. The van der Waals surface area contributed by atoms with Gasteiger partial charge in [-0.05, 0) is 31.0 Å². The van der Waals surface area contributed by atoms with Gasteiger partial charge in [0.2, 0.25) is 0 Å². The van der Waals surface area contributed by atoms with Gasteiger partial charge in [0.15, 0.2) is 0 Å². The lowest BCUT2D eigenvalue weighted by Gasteiger charge is -2.07. The lowest BCUT2D eigenvalue weighted by atomic mass is 10.1. The van der Waals surface area contributed by atoms with Crippen LogP contribution in [-0.2, 0) is 9.05 Å². The molecular formula is C11H14ClNO3S. The van der Waals surface area contributed by atoms with Gasteiger partial charge in [0.25, 0.3) is 15.0 Å². The van der Waals surface area contributed by atoms with Crippen molar-refractivity contribution in [3.05, 3.63) is 29.3 Å². The zero-order chi connectivity index (χ0) is 13.1. The fourth-order valence-electron chi connectivity index (χ4n) is 1.33. The van der Waals surface area contributed by atoms with Crippen LogP contribution in [0, 0.1) is 6.92 Å². The van der Waals surface area contributed by atoms with Gasteiger partial charge in [-0.25, -0.2) is 8.42 Å². The minimum Gasteiger partial charge on any atom is -0.352 e. The zero-order valence-electron chi connectivity index (χ0n) is 9.66. The summed E-state index contributed by atoms with van der Waals surface area (Å²) in [6.07, 6.45) is 0.818. The maximum atomic E-state index is 11.8. The van der Waals surface area contributed by atoms with Crippen LogP contribution in [0.5, 0.6) is 0 Å². The standard InChI is InChI=1S/C11H14ClNO3S/c1-3-6-13-11(14)10-7-9(17(12,15)16)5-4-8(10)2/h4-5,7H,3,6H2,1-2H3,(H,13,14). The molecule has 0 aliphatic heterocycles. The molecular weight excluding hydrogens is 262 g/mol. The molecule has 0 heterocycles. The molecule has 0 unspecified atom stereocenters. The first kappa shape index (κ1) is 14.0. The van der Waals surface area contributed by atoms with E-state index >= 15 is 0 Å². The largest absolute Gasteiger partial charge is 0.352 e. The first-order valence-corrected chi connectivity index (χ1v) is 7.50. The number of aryl methyl sites for hydroxylation is 1. The number of rotatable bonds is 4. The highest BCUT2D eigenvalue weighted by atomic mass is 35.7. The molecule has 0 fully saturated rings. The fourth-order valence-corrected chi connectivity index (χ4v) is 2.11. The first-order chi connectivity index (χ1) is 7.86. The third kappa shape index (κ3) is 3.71. The predicted molar refractivity (Wildman–Crippen MR) is 66.8 cm³/mol. The summed E-state index contributed by atoms with van der Waals surface area (Å²) in [5.74, 6) is -0.286. The van der Waals surface area contributed by atoms with Gasteiger partial charge in [-0.1, -0.05) is 13.0 Å². The summed E-state index contributed by atoms with van der Waals surface area (Å²) in [6.45, 7) is 4.23. The summed E-state index contributed by atoms with van der Waals surface area (Å²) in [7, 11) is 1.43. The van der Waals surface area contributed by atoms with Gasteiger partial charge < -0.3 is 5.32 Å². The summed E-state index contributed by atoms with van der Waals surface area (Å²) in [5.41, 5.74) is 1.04. The van der Waals surface area contributed by atoms with E-state index in [-0.39, 0.29) is 10.8 Å².